The lowest BCUT2D eigenvalue weighted by Crippen LogP contribution is -2.34. The van der Waals surface area contributed by atoms with Crippen molar-refractivity contribution < 1.29 is 9.50 Å². The van der Waals surface area contributed by atoms with Crippen molar-refractivity contribution in [1.82, 2.24) is 14.5 Å². The number of nitrogens with zero attached hydrogens (tertiary/aromatic N) is 3. The number of benzene rings is 1. The van der Waals surface area contributed by atoms with Gasteiger partial charge in [-0.2, -0.15) is 0 Å². The summed E-state index contributed by atoms with van der Waals surface area (Å²) in [6.07, 6.45) is 1.93. The number of aromatic nitrogens is 2. The van der Waals surface area contributed by atoms with Gasteiger partial charge in [0.1, 0.15) is 5.82 Å². The van der Waals surface area contributed by atoms with E-state index in [0.29, 0.717) is 18.7 Å². The normalized spacial score (nSPS) is 16.9. The summed E-state index contributed by atoms with van der Waals surface area (Å²) in [4.78, 5) is 6.49. The molecule has 3 rings (SSSR count). The quantitative estimate of drug-likeness (QED) is 0.926. The Balaban J connectivity index is 1.69. The fourth-order valence-corrected chi connectivity index (χ4v) is 2.76. The number of imidazole rings is 1. The Morgan fingerprint density at radius 3 is 3.00 bits per heavy atom. The zero-order valence-electron chi connectivity index (χ0n) is 11.5. The van der Waals surface area contributed by atoms with Crippen LogP contribution in [0.5, 0.6) is 0 Å². The summed E-state index contributed by atoms with van der Waals surface area (Å²) in [6, 6.07) is 6.39. The predicted octanol–water partition coefficient (Wildman–Crippen LogP) is 1.65. The van der Waals surface area contributed by atoms with Gasteiger partial charge in [0.05, 0.1) is 18.1 Å². The van der Waals surface area contributed by atoms with Gasteiger partial charge >= 0.3 is 0 Å². The minimum Gasteiger partial charge on any atom is -0.387 e. The zero-order chi connectivity index (χ0) is 14.1. The van der Waals surface area contributed by atoms with Crippen LogP contribution in [0.4, 0.5) is 4.39 Å². The van der Waals surface area contributed by atoms with E-state index < -0.39 is 6.10 Å². The molecular weight excluding hydrogens is 257 g/mol. The third-order valence-corrected chi connectivity index (χ3v) is 3.88. The van der Waals surface area contributed by atoms with E-state index in [1.165, 1.54) is 11.8 Å². The minimum absolute atomic E-state index is 0.351. The van der Waals surface area contributed by atoms with Crippen molar-refractivity contribution >= 4 is 0 Å². The summed E-state index contributed by atoms with van der Waals surface area (Å²) >= 11 is 0. The first kappa shape index (κ1) is 13.3. The lowest BCUT2D eigenvalue weighted by Gasteiger charge is -2.28. The van der Waals surface area contributed by atoms with Gasteiger partial charge in [0.25, 0.3) is 0 Å². The van der Waals surface area contributed by atoms with Crippen LogP contribution < -0.4 is 0 Å². The summed E-state index contributed by atoms with van der Waals surface area (Å²) in [5.41, 5.74) is 2.67. The first-order valence-electron chi connectivity index (χ1n) is 6.79. The SMILES string of the molecule is Cn1cnc2c1CCN(C[C@H](O)c1ccccc1F)C2. The molecule has 0 bridgehead atoms. The molecule has 20 heavy (non-hydrogen) atoms. The molecule has 0 spiro atoms. The van der Waals surface area contributed by atoms with E-state index in [1.54, 1.807) is 18.2 Å². The third-order valence-electron chi connectivity index (χ3n) is 3.88. The molecule has 2 heterocycles. The number of fused-ring (bicyclic) bond motifs is 1. The maximum Gasteiger partial charge on any atom is 0.129 e. The summed E-state index contributed by atoms with van der Waals surface area (Å²) in [5.74, 6) is -0.351. The van der Waals surface area contributed by atoms with E-state index in [9.17, 15) is 9.50 Å². The lowest BCUT2D eigenvalue weighted by molar-refractivity contribution is 0.102. The number of hydrogen-bond donors (Lipinski definition) is 1. The van der Waals surface area contributed by atoms with Gasteiger partial charge in [0.15, 0.2) is 0 Å². The van der Waals surface area contributed by atoms with Crippen molar-refractivity contribution in [3.8, 4) is 0 Å². The van der Waals surface area contributed by atoms with Crippen molar-refractivity contribution in [2.45, 2.75) is 19.1 Å². The topological polar surface area (TPSA) is 41.3 Å². The Hall–Kier alpha value is -1.72. The highest BCUT2D eigenvalue weighted by Gasteiger charge is 2.23. The number of halogens is 1. The molecule has 0 aliphatic carbocycles. The Labute approximate surface area is 117 Å². The van der Waals surface area contributed by atoms with Crippen LogP contribution in [0.3, 0.4) is 0 Å². The second kappa shape index (κ2) is 5.34. The Morgan fingerprint density at radius 2 is 2.20 bits per heavy atom. The van der Waals surface area contributed by atoms with E-state index in [1.807, 2.05) is 17.9 Å². The van der Waals surface area contributed by atoms with E-state index in [2.05, 4.69) is 9.88 Å². The maximum atomic E-state index is 13.6. The molecule has 0 amide bonds. The molecule has 2 aromatic rings. The second-order valence-electron chi connectivity index (χ2n) is 5.27. The molecule has 106 valence electrons. The number of aryl methyl sites for hydroxylation is 1. The second-order valence-corrected chi connectivity index (χ2v) is 5.27. The highest BCUT2D eigenvalue weighted by Crippen LogP contribution is 2.22. The first-order valence-corrected chi connectivity index (χ1v) is 6.79. The van der Waals surface area contributed by atoms with Crippen LogP contribution in [0.15, 0.2) is 30.6 Å². The Kier molecular flexibility index (Phi) is 3.54. The summed E-state index contributed by atoms with van der Waals surface area (Å²) < 4.78 is 15.7. The van der Waals surface area contributed by atoms with Gasteiger partial charge in [-0.25, -0.2) is 9.37 Å². The molecule has 5 heteroatoms. The molecular formula is C15H18FN3O. The third kappa shape index (κ3) is 2.46. The molecule has 0 saturated heterocycles. The highest BCUT2D eigenvalue weighted by molar-refractivity contribution is 5.21. The Morgan fingerprint density at radius 1 is 1.40 bits per heavy atom. The number of aliphatic hydroxyl groups is 1. The average Bonchev–Trinajstić information content (AvgIpc) is 2.80. The van der Waals surface area contributed by atoms with E-state index in [4.69, 9.17) is 0 Å². The summed E-state index contributed by atoms with van der Waals surface area (Å²) in [5, 5.41) is 10.2. The number of aliphatic hydroxyl groups excluding tert-OH is 1. The van der Waals surface area contributed by atoms with E-state index >= 15 is 0 Å². The molecule has 1 aromatic carbocycles. The van der Waals surface area contributed by atoms with Crippen LogP contribution in [-0.2, 0) is 20.0 Å². The predicted molar refractivity (Wildman–Crippen MR) is 73.5 cm³/mol. The van der Waals surface area contributed by atoms with Crippen LogP contribution in [0, 0.1) is 5.82 Å². The summed E-state index contributed by atoms with van der Waals surface area (Å²) in [7, 11) is 2.00. The number of rotatable bonds is 3. The molecule has 4 nitrogen and oxygen atoms in total. The molecule has 0 saturated carbocycles. The van der Waals surface area contributed by atoms with Crippen LogP contribution in [0.1, 0.15) is 23.1 Å². The molecule has 1 aromatic heterocycles. The van der Waals surface area contributed by atoms with Crippen LogP contribution in [-0.4, -0.2) is 32.6 Å². The molecule has 0 unspecified atom stereocenters. The van der Waals surface area contributed by atoms with Gasteiger partial charge in [-0.1, -0.05) is 18.2 Å². The smallest absolute Gasteiger partial charge is 0.129 e. The van der Waals surface area contributed by atoms with Gasteiger partial charge in [-0.05, 0) is 6.07 Å². The standard InChI is InChI=1S/C15H18FN3O/c1-18-10-17-13-8-19(7-6-14(13)18)9-15(20)11-4-2-3-5-12(11)16/h2-5,10,15,20H,6-9H2,1H3/t15-/m0/s1. The minimum atomic E-state index is -0.804. The highest BCUT2D eigenvalue weighted by atomic mass is 19.1. The van der Waals surface area contributed by atoms with Crippen LogP contribution in [0.2, 0.25) is 0 Å². The van der Waals surface area contributed by atoms with Gasteiger partial charge < -0.3 is 9.67 Å². The molecule has 0 radical (unpaired) electrons. The van der Waals surface area contributed by atoms with Gasteiger partial charge in [0.2, 0.25) is 0 Å². The molecule has 1 N–H and O–H groups in total. The number of β-amino-alcohol motifs (C(OH)–C–C–N with tert-alkyl or cyclic N) is 1. The van der Waals surface area contributed by atoms with Gasteiger partial charge in [-0.3, -0.25) is 4.90 Å². The maximum absolute atomic E-state index is 13.6. The van der Waals surface area contributed by atoms with Crippen molar-refractivity contribution in [3.05, 3.63) is 53.4 Å². The zero-order valence-corrected chi connectivity index (χ0v) is 11.5. The van der Waals surface area contributed by atoms with Crippen molar-refractivity contribution in [2.75, 3.05) is 13.1 Å². The Bertz CT molecular complexity index is 611. The van der Waals surface area contributed by atoms with E-state index in [-0.39, 0.29) is 5.82 Å². The summed E-state index contributed by atoms with van der Waals surface area (Å²) in [6.45, 7) is 2.00. The molecule has 0 fully saturated rings. The fraction of sp³-hybridized carbons (Fsp3) is 0.400. The van der Waals surface area contributed by atoms with Crippen molar-refractivity contribution in [2.24, 2.45) is 7.05 Å². The van der Waals surface area contributed by atoms with Crippen molar-refractivity contribution in [1.29, 1.82) is 0 Å². The number of hydrogen-bond acceptors (Lipinski definition) is 3. The van der Waals surface area contributed by atoms with Crippen LogP contribution >= 0.6 is 0 Å². The van der Waals surface area contributed by atoms with Gasteiger partial charge in [-0.15, -0.1) is 0 Å². The van der Waals surface area contributed by atoms with Crippen molar-refractivity contribution in [3.63, 3.8) is 0 Å². The monoisotopic (exact) mass is 275 g/mol. The average molecular weight is 275 g/mol. The van der Waals surface area contributed by atoms with E-state index in [0.717, 1.165) is 18.7 Å². The fourth-order valence-electron chi connectivity index (χ4n) is 2.76. The van der Waals surface area contributed by atoms with Gasteiger partial charge in [0, 0.05) is 44.4 Å². The lowest BCUT2D eigenvalue weighted by atomic mass is 10.1. The molecule has 1 aliphatic heterocycles. The first-order chi connectivity index (χ1) is 9.65. The molecule has 1 aliphatic rings. The largest absolute Gasteiger partial charge is 0.387 e. The van der Waals surface area contributed by atoms with Crippen LogP contribution in [0.25, 0.3) is 0 Å². The molecule has 1 atom stereocenters.